The van der Waals surface area contributed by atoms with Crippen LogP contribution in [0.5, 0.6) is 5.75 Å². The second-order valence-electron chi connectivity index (χ2n) is 3.29. The first kappa shape index (κ1) is 13.0. The van der Waals surface area contributed by atoms with E-state index in [-0.39, 0.29) is 0 Å². The second kappa shape index (κ2) is 5.83. The van der Waals surface area contributed by atoms with E-state index in [1.807, 2.05) is 0 Å². The minimum atomic E-state index is -0.903. The van der Waals surface area contributed by atoms with Crippen LogP contribution in [0.1, 0.15) is 6.92 Å². The Hall–Kier alpha value is -2.11. The molecular formula is C11H12FNO4. The Bertz CT molecular complexity index is 404. The highest BCUT2D eigenvalue weighted by Crippen LogP contribution is 2.13. The number of halogens is 1. The summed E-state index contributed by atoms with van der Waals surface area (Å²) >= 11 is 0. The smallest absolute Gasteiger partial charge is 0.347 e. The first-order valence-electron chi connectivity index (χ1n) is 4.86. The SMILES string of the molecule is C[C@H](Oc1ccc(F)cc1)C(=O)OCC(N)=O. The Morgan fingerprint density at radius 2 is 1.94 bits per heavy atom. The lowest BCUT2D eigenvalue weighted by molar-refractivity contribution is -0.154. The summed E-state index contributed by atoms with van der Waals surface area (Å²) in [7, 11) is 0. The van der Waals surface area contributed by atoms with E-state index < -0.39 is 30.4 Å². The van der Waals surface area contributed by atoms with Gasteiger partial charge in [0.05, 0.1) is 0 Å². The second-order valence-corrected chi connectivity index (χ2v) is 3.29. The van der Waals surface area contributed by atoms with Crippen LogP contribution in [-0.4, -0.2) is 24.6 Å². The number of ether oxygens (including phenoxy) is 2. The highest BCUT2D eigenvalue weighted by atomic mass is 19.1. The number of benzene rings is 1. The van der Waals surface area contributed by atoms with Crippen LogP contribution >= 0.6 is 0 Å². The van der Waals surface area contributed by atoms with Crippen molar-refractivity contribution in [2.45, 2.75) is 13.0 Å². The third kappa shape index (κ3) is 4.50. The molecule has 0 aliphatic heterocycles. The molecule has 0 aliphatic rings. The van der Waals surface area contributed by atoms with Gasteiger partial charge in [-0.05, 0) is 31.2 Å². The molecule has 0 aliphatic carbocycles. The van der Waals surface area contributed by atoms with Crippen molar-refractivity contribution in [3.05, 3.63) is 30.1 Å². The Morgan fingerprint density at radius 3 is 2.47 bits per heavy atom. The zero-order valence-corrected chi connectivity index (χ0v) is 9.18. The predicted molar refractivity (Wildman–Crippen MR) is 56.6 cm³/mol. The molecule has 1 atom stereocenters. The fourth-order valence-electron chi connectivity index (χ4n) is 1.03. The number of nitrogens with two attached hydrogens (primary N) is 1. The molecule has 0 bridgehead atoms. The van der Waals surface area contributed by atoms with Gasteiger partial charge in [-0.1, -0.05) is 0 Å². The largest absolute Gasteiger partial charge is 0.479 e. The minimum Gasteiger partial charge on any atom is -0.479 e. The summed E-state index contributed by atoms with van der Waals surface area (Å²) in [5.41, 5.74) is 4.81. The van der Waals surface area contributed by atoms with Gasteiger partial charge in [0.15, 0.2) is 12.7 Å². The average Bonchev–Trinajstić information content (AvgIpc) is 2.28. The van der Waals surface area contributed by atoms with Gasteiger partial charge < -0.3 is 15.2 Å². The summed E-state index contributed by atoms with van der Waals surface area (Å²) < 4.78 is 22.3. The lowest BCUT2D eigenvalue weighted by Gasteiger charge is -2.13. The molecule has 0 saturated carbocycles. The van der Waals surface area contributed by atoms with Crippen LogP contribution in [0.3, 0.4) is 0 Å². The van der Waals surface area contributed by atoms with Crippen molar-refractivity contribution in [1.82, 2.24) is 0 Å². The van der Waals surface area contributed by atoms with Gasteiger partial charge in [-0.25, -0.2) is 9.18 Å². The minimum absolute atomic E-state index is 0.329. The molecular weight excluding hydrogens is 229 g/mol. The predicted octanol–water partition coefficient (Wildman–Crippen LogP) is 0.621. The zero-order valence-electron chi connectivity index (χ0n) is 9.18. The van der Waals surface area contributed by atoms with Crippen molar-refractivity contribution < 1.29 is 23.5 Å². The maximum Gasteiger partial charge on any atom is 0.347 e. The number of primary amides is 1. The van der Waals surface area contributed by atoms with E-state index in [1.54, 1.807) is 0 Å². The van der Waals surface area contributed by atoms with Crippen LogP contribution < -0.4 is 10.5 Å². The van der Waals surface area contributed by atoms with E-state index in [9.17, 15) is 14.0 Å². The quantitative estimate of drug-likeness (QED) is 0.766. The first-order valence-corrected chi connectivity index (χ1v) is 4.86. The maximum absolute atomic E-state index is 12.6. The third-order valence-corrected chi connectivity index (χ3v) is 1.82. The normalized spacial score (nSPS) is 11.6. The average molecular weight is 241 g/mol. The van der Waals surface area contributed by atoms with Gasteiger partial charge in [-0.2, -0.15) is 0 Å². The number of rotatable bonds is 5. The third-order valence-electron chi connectivity index (χ3n) is 1.82. The van der Waals surface area contributed by atoms with Gasteiger partial charge in [0.25, 0.3) is 5.91 Å². The van der Waals surface area contributed by atoms with Crippen LogP contribution in [0.25, 0.3) is 0 Å². The molecule has 1 rings (SSSR count). The Kier molecular flexibility index (Phi) is 4.45. The molecule has 92 valence electrons. The summed E-state index contributed by atoms with van der Waals surface area (Å²) in [5.74, 6) is -1.53. The summed E-state index contributed by atoms with van der Waals surface area (Å²) in [6.45, 7) is 0.961. The molecule has 0 saturated heterocycles. The van der Waals surface area contributed by atoms with Gasteiger partial charge in [-0.15, -0.1) is 0 Å². The molecule has 0 spiro atoms. The highest BCUT2D eigenvalue weighted by molar-refractivity contribution is 5.80. The van der Waals surface area contributed by atoms with Crippen molar-refractivity contribution in [2.75, 3.05) is 6.61 Å². The van der Waals surface area contributed by atoms with E-state index >= 15 is 0 Å². The van der Waals surface area contributed by atoms with Crippen LogP contribution in [0, 0.1) is 5.82 Å². The van der Waals surface area contributed by atoms with Crippen molar-refractivity contribution in [3.63, 3.8) is 0 Å². The zero-order chi connectivity index (χ0) is 12.8. The first-order chi connectivity index (χ1) is 7.99. The molecule has 0 unspecified atom stereocenters. The van der Waals surface area contributed by atoms with Gasteiger partial charge in [0.1, 0.15) is 11.6 Å². The fourth-order valence-corrected chi connectivity index (χ4v) is 1.03. The number of hydrogen-bond donors (Lipinski definition) is 1. The molecule has 5 nitrogen and oxygen atoms in total. The lowest BCUT2D eigenvalue weighted by Crippen LogP contribution is -2.29. The van der Waals surface area contributed by atoms with Crippen molar-refractivity contribution >= 4 is 11.9 Å². The summed E-state index contributed by atoms with van der Waals surface area (Å²) in [6.07, 6.45) is -0.903. The fraction of sp³-hybridized carbons (Fsp3) is 0.273. The van der Waals surface area contributed by atoms with Gasteiger partial charge in [0.2, 0.25) is 0 Å². The van der Waals surface area contributed by atoms with Crippen molar-refractivity contribution in [3.8, 4) is 5.75 Å². The van der Waals surface area contributed by atoms with E-state index in [0.29, 0.717) is 5.75 Å². The van der Waals surface area contributed by atoms with Crippen LogP contribution in [0.15, 0.2) is 24.3 Å². The van der Waals surface area contributed by atoms with Crippen molar-refractivity contribution in [1.29, 1.82) is 0 Å². The molecule has 1 aromatic carbocycles. The number of carbonyl (C=O) groups is 2. The highest BCUT2D eigenvalue weighted by Gasteiger charge is 2.16. The summed E-state index contributed by atoms with van der Waals surface area (Å²) in [4.78, 5) is 21.7. The Morgan fingerprint density at radius 1 is 1.35 bits per heavy atom. The molecule has 0 fully saturated rings. The monoisotopic (exact) mass is 241 g/mol. The van der Waals surface area contributed by atoms with Crippen molar-refractivity contribution in [2.24, 2.45) is 5.73 Å². The molecule has 6 heteroatoms. The van der Waals surface area contributed by atoms with Crippen LogP contribution in [0.4, 0.5) is 4.39 Å². The Balaban J connectivity index is 2.48. The molecule has 0 aromatic heterocycles. The molecule has 0 radical (unpaired) electrons. The van der Waals surface area contributed by atoms with Gasteiger partial charge >= 0.3 is 5.97 Å². The van der Waals surface area contributed by atoms with Crippen LogP contribution in [0.2, 0.25) is 0 Å². The summed E-state index contributed by atoms with van der Waals surface area (Å²) in [6, 6.07) is 5.17. The van der Waals surface area contributed by atoms with Crippen LogP contribution in [-0.2, 0) is 14.3 Å². The van der Waals surface area contributed by atoms with E-state index in [0.717, 1.165) is 0 Å². The maximum atomic E-state index is 12.6. The number of esters is 1. The topological polar surface area (TPSA) is 78.6 Å². The van der Waals surface area contributed by atoms with E-state index in [1.165, 1.54) is 31.2 Å². The number of hydrogen-bond acceptors (Lipinski definition) is 4. The lowest BCUT2D eigenvalue weighted by atomic mass is 10.3. The molecule has 17 heavy (non-hydrogen) atoms. The summed E-state index contributed by atoms with van der Waals surface area (Å²) in [5, 5.41) is 0. The molecule has 0 heterocycles. The van der Waals surface area contributed by atoms with Gasteiger partial charge in [-0.3, -0.25) is 4.79 Å². The van der Waals surface area contributed by atoms with E-state index in [4.69, 9.17) is 10.5 Å². The molecule has 2 N–H and O–H groups in total. The standard InChI is InChI=1S/C11H12FNO4/c1-7(11(15)16-6-10(13)14)17-9-4-2-8(12)3-5-9/h2-5,7H,6H2,1H3,(H2,13,14)/t7-/m0/s1. The molecule has 1 amide bonds. The van der Waals surface area contributed by atoms with E-state index in [2.05, 4.69) is 4.74 Å². The molecule has 1 aromatic rings. The number of carbonyl (C=O) groups excluding carboxylic acids is 2. The number of amides is 1. The van der Waals surface area contributed by atoms with Gasteiger partial charge in [0, 0.05) is 0 Å². The Labute approximate surface area is 97.3 Å².